The lowest BCUT2D eigenvalue weighted by Crippen LogP contribution is -2.45. The third-order valence-electron chi connectivity index (χ3n) is 2.81. The second-order valence-electron chi connectivity index (χ2n) is 3.99. The van der Waals surface area contributed by atoms with Crippen LogP contribution >= 0.6 is 11.6 Å². The van der Waals surface area contributed by atoms with Crippen molar-refractivity contribution in [1.82, 2.24) is 9.62 Å². The minimum absolute atomic E-state index is 0.00495. The maximum Gasteiger partial charge on any atom is 0.212 e. The standard InChI is InChI=1S/C9H19ClN2O2S/c1-12-6-3-2-4-9(12)8-11-15(13,14)7-5-10/h9,11H,2-8H2,1H3. The minimum Gasteiger partial charge on any atom is -0.302 e. The lowest BCUT2D eigenvalue weighted by atomic mass is 10.0. The summed E-state index contributed by atoms with van der Waals surface area (Å²) in [6, 6.07) is 0.337. The van der Waals surface area contributed by atoms with Gasteiger partial charge in [0.05, 0.1) is 5.75 Å². The molecule has 1 aliphatic heterocycles. The fraction of sp³-hybridized carbons (Fsp3) is 1.00. The molecule has 1 N–H and O–H groups in total. The zero-order chi connectivity index (χ0) is 11.3. The van der Waals surface area contributed by atoms with Gasteiger partial charge >= 0.3 is 0 Å². The first-order valence-electron chi connectivity index (χ1n) is 5.29. The van der Waals surface area contributed by atoms with Gasteiger partial charge < -0.3 is 4.90 Å². The van der Waals surface area contributed by atoms with Crippen LogP contribution in [0, 0.1) is 0 Å². The molecule has 0 aromatic carbocycles. The summed E-state index contributed by atoms with van der Waals surface area (Å²) in [5.41, 5.74) is 0. The van der Waals surface area contributed by atoms with E-state index in [1.54, 1.807) is 0 Å². The summed E-state index contributed by atoms with van der Waals surface area (Å²) in [5.74, 6) is 0.154. The van der Waals surface area contributed by atoms with Gasteiger partial charge in [0.25, 0.3) is 0 Å². The van der Waals surface area contributed by atoms with E-state index in [9.17, 15) is 8.42 Å². The van der Waals surface area contributed by atoms with Gasteiger partial charge in [0, 0.05) is 18.5 Å². The maximum atomic E-state index is 11.4. The number of rotatable bonds is 5. The fourth-order valence-corrected chi connectivity index (χ4v) is 3.20. The van der Waals surface area contributed by atoms with E-state index in [1.807, 2.05) is 7.05 Å². The van der Waals surface area contributed by atoms with Crippen LogP contribution in [0.15, 0.2) is 0 Å². The summed E-state index contributed by atoms with van der Waals surface area (Å²) in [7, 11) is -1.12. The van der Waals surface area contributed by atoms with Crippen molar-refractivity contribution < 1.29 is 8.42 Å². The number of nitrogens with one attached hydrogen (secondary N) is 1. The Hall–Kier alpha value is 0.160. The molecule has 1 aliphatic rings. The van der Waals surface area contributed by atoms with Crippen LogP contribution in [0.4, 0.5) is 0 Å². The first-order chi connectivity index (χ1) is 7.05. The molecule has 1 unspecified atom stereocenters. The van der Waals surface area contributed by atoms with Crippen LogP contribution in [0.25, 0.3) is 0 Å². The molecule has 0 aromatic heterocycles. The van der Waals surface area contributed by atoms with Crippen molar-refractivity contribution in [3.8, 4) is 0 Å². The van der Waals surface area contributed by atoms with E-state index in [0.29, 0.717) is 12.6 Å². The van der Waals surface area contributed by atoms with Gasteiger partial charge in [-0.2, -0.15) is 0 Å². The monoisotopic (exact) mass is 254 g/mol. The Morgan fingerprint density at radius 2 is 2.20 bits per heavy atom. The normalized spacial score (nSPS) is 24.3. The first-order valence-corrected chi connectivity index (χ1v) is 7.47. The summed E-state index contributed by atoms with van der Waals surface area (Å²) in [6.45, 7) is 1.57. The molecule has 1 saturated heterocycles. The van der Waals surface area contributed by atoms with Crippen molar-refractivity contribution in [1.29, 1.82) is 0 Å². The highest BCUT2D eigenvalue weighted by atomic mass is 35.5. The molecule has 15 heavy (non-hydrogen) atoms. The van der Waals surface area contributed by atoms with Crippen molar-refractivity contribution >= 4 is 21.6 Å². The number of likely N-dealkylation sites (tertiary alicyclic amines) is 1. The highest BCUT2D eigenvalue weighted by Crippen LogP contribution is 2.14. The van der Waals surface area contributed by atoms with Gasteiger partial charge in [-0.15, -0.1) is 11.6 Å². The molecule has 6 heteroatoms. The summed E-state index contributed by atoms with van der Waals surface area (Å²) >= 11 is 5.41. The Morgan fingerprint density at radius 1 is 1.47 bits per heavy atom. The van der Waals surface area contributed by atoms with Gasteiger partial charge in [-0.1, -0.05) is 6.42 Å². The van der Waals surface area contributed by atoms with Crippen LogP contribution in [0.5, 0.6) is 0 Å². The van der Waals surface area contributed by atoms with Crippen LogP contribution in [0.1, 0.15) is 19.3 Å². The van der Waals surface area contributed by atoms with Gasteiger partial charge in [-0.05, 0) is 26.4 Å². The number of likely N-dealkylation sites (N-methyl/N-ethyl adjacent to an activating group) is 1. The van der Waals surface area contributed by atoms with Crippen LogP contribution in [0.3, 0.4) is 0 Å². The lowest BCUT2D eigenvalue weighted by molar-refractivity contribution is 0.187. The Labute approximate surface area is 97.0 Å². The smallest absolute Gasteiger partial charge is 0.212 e. The summed E-state index contributed by atoms with van der Waals surface area (Å²) < 4.78 is 25.3. The van der Waals surface area contributed by atoms with E-state index in [1.165, 1.54) is 12.8 Å². The molecule has 0 radical (unpaired) electrons. The van der Waals surface area contributed by atoms with Gasteiger partial charge in [0.15, 0.2) is 0 Å². The fourth-order valence-electron chi connectivity index (χ4n) is 1.80. The number of halogens is 1. The van der Waals surface area contributed by atoms with E-state index in [4.69, 9.17) is 11.6 Å². The first kappa shape index (κ1) is 13.2. The van der Waals surface area contributed by atoms with E-state index in [0.717, 1.165) is 13.0 Å². The third kappa shape index (κ3) is 4.68. The molecule has 1 atom stereocenters. The van der Waals surface area contributed by atoms with E-state index >= 15 is 0 Å². The molecular weight excluding hydrogens is 236 g/mol. The largest absolute Gasteiger partial charge is 0.302 e. The van der Waals surface area contributed by atoms with Gasteiger partial charge in [-0.3, -0.25) is 0 Å². The van der Waals surface area contributed by atoms with Crippen LogP contribution in [-0.2, 0) is 10.0 Å². The van der Waals surface area contributed by atoms with Crippen molar-refractivity contribution in [2.75, 3.05) is 31.8 Å². The molecule has 4 nitrogen and oxygen atoms in total. The highest BCUT2D eigenvalue weighted by Gasteiger charge is 2.20. The van der Waals surface area contributed by atoms with Gasteiger partial charge in [0.2, 0.25) is 10.0 Å². The average Bonchev–Trinajstić information content (AvgIpc) is 2.16. The minimum atomic E-state index is -3.16. The zero-order valence-electron chi connectivity index (χ0n) is 9.08. The topological polar surface area (TPSA) is 49.4 Å². The lowest BCUT2D eigenvalue weighted by Gasteiger charge is -2.32. The molecule has 1 rings (SSSR count). The number of sulfonamides is 1. The molecule has 90 valence electrons. The Morgan fingerprint density at radius 3 is 2.80 bits per heavy atom. The molecule has 0 amide bonds. The van der Waals surface area contributed by atoms with Crippen molar-refractivity contribution in [3.05, 3.63) is 0 Å². The molecule has 0 aliphatic carbocycles. The van der Waals surface area contributed by atoms with E-state index < -0.39 is 10.0 Å². The van der Waals surface area contributed by atoms with Crippen LogP contribution in [-0.4, -0.2) is 51.1 Å². The molecule has 0 aromatic rings. The Bertz CT molecular complexity index is 282. The second-order valence-corrected chi connectivity index (χ2v) is 6.29. The maximum absolute atomic E-state index is 11.4. The summed E-state index contributed by atoms with van der Waals surface area (Å²) in [5, 5.41) is 0. The van der Waals surface area contributed by atoms with Crippen molar-refractivity contribution in [3.63, 3.8) is 0 Å². The highest BCUT2D eigenvalue weighted by molar-refractivity contribution is 7.89. The number of piperidine rings is 1. The van der Waals surface area contributed by atoms with E-state index in [2.05, 4.69) is 9.62 Å². The molecule has 1 heterocycles. The van der Waals surface area contributed by atoms with Gasteiger partial charge in [0.1, 0.15) is 0 Å². The van der Waals surface area contributed by atoms with Crippen LogP contribution < -0.4 is 4.72 Å². The Balaban J connectivity index is 2.35. The number of hydrogen-bond donors (Lipinski definition) is 1. The van der Waals surface area contributed by atoms with Crippen molar-refractivity contribution in [2.24, 2.45) is 0 Å². The quantitative estimate of drug-likeness (QED) is 0.733. The molecule has 1 fully saturated rings. The number of nitrogens with zero attached hydrogens (tertiary/aromatic N) is 1. The second kappa shape index (κ2) is 6.03. The SMILES string of the molecule is CN1CCCCC1CNS(=O)(=O)CCCl. The zero-order valence-corrected chi connectivity index (χ0v) is 10.6. The summed E-state index contributed by atoms with van der Waals surface area (Å²) in [6.07, 6.45) is 3.47. The predicted molar refractivity (Wildman–Crippen MR) is 62.8 cm³/mol. The predicted octanol–water partition coefficient (Wildman–Crippen LogP) is 0.629. The number of alkyl halides is 1. The molecule has 0 spiro atoms. The molecule has 0 bridgehead atoms. The number of hydrogen-bond acceptors (Lipinski definition) is 3. The molecule has 0 saturated carbocycles. The van der Waals surface area contributed by atoms with Crippen LogP contribution in [0.2, 0.25) is 0 Å². The molecular formula is C9H19ClN2O2S. The third-order valence-corrected chi connectivity index (χ3v) is 4.57. The van der Waals surface area contributed by atoms with Crippen molar-refractivity contribution in [2.45, 2.75) is 25.3 Å². The summed E-state index contributed by atoms with van der Waals surface area (Å²) in [4.78, 5) is 2.21. The average molecular weight is 255 g/mol. The van der Waals surface area contributed by atoms with Gasteiger partial charge in [-0.25, -0.2) is 13.1 Å². The Kier molecular flexibility index (Phi) is 5.32. The van der Waals surface area contributed by atoms with E-state index in [-0.39, 0.29) is 11.6 Å².